The quantitative estimate of drug-likeness (QED) is 0.160. The number of rotatable bonds is 6. The molecule has 9 rings (SSSR count). The molecule has 5 heteroatoms. The molecule has 0 bridgehead atoms. The van der Waals surface area contributed by atoms with Gasteiger partial charge in [0.25, 0.3) is 0 Å². The van der Waals surface area contributed by atoms with E-state index in [-0.39, 0.29) is 11.3 Å². The number of hydrogen-bond donors (Lipinski definition) is 0. The van der Waals surface area contributed by atoms with E-state index in [4.69, 9.17) is 24.1 Å². The fourth-order valence-corrected chi connectivity index (χ4v) is 7.94. The highest BCUT2D eigenvalue weighted by atomic mass is 16.5. The summed E-state index contributed by atoms with van der Waals surface area (Å²) in [7, 11) is 0. The van der Waals surface area contributed by atoms with Gasteiger partial charge in [-0.1, -0.05) is 147 Å². The van der Waals surface area contributed by atoms with Crippen molar-refractivity contribution in [2.75, 3.05) is 0 Å². The first-order valence-corrected chi connectivity index (χ1v) is 18.9. The Morgan fingerprint density at radius 1 is 0.727 bits per heavy atom. The lowest BCUT2D eigenvalue weighted by Gasteiger charge is -2.32. The topological polar surface area (TPSA) is 61.0 Å². The summed E-state index contributed by atoms with van der Waals surface area (Å²) < 4.78 is 12.8. The van der Waals surface area contributed by atoms with E-state index in [1.165, 1.54) is 5.56 Å². The zero-order valence-electron chi connectivity index (χ0n) is 31.1. The van der Waals surface area contributed by atoms with Crippen LogP contribution in [0.3, 0.4) is 0 Å². The van der Waals surface area contributed by atoms with Crippen LogP contribution in [-0.2, 0) is 11.8 Å². The molecule has 0 N–H and O–H groups in total. The molecule has 2 aliphatic rings. The first-order valence-electron chi connectivity index (χ1n) is 18.9. The van der Waals surface area contributed by atoms with Crippen LogP contribution >= 0.6 is 0 Å². The Hall–Kier alpha value is -6.59. The van der Waals surface area contributed by atoms with Gasteiger partial charge >= 0.3 is 0 Å². The van der Waals surface area contributed by atoms with Crippen molar-refractivity contribution in [1.82, 2.24) is 15.0 Å². The number of hydrogen-bond acceptors (Lipinski definition) is 5. The number of benzene rings is 5. The number of allylic oxidation sites excluding steroid dienone is 8. The molecule has 55 heavy (non-hydrogen) atoms. The van der Waals surface area contributed by atoms with Crippen LogP contribution in [-0.4, -0.2) is 15.0 Å². The van der Waals surface area contributed by atoms with Crippen LogP contribution in [0, 0.1) is 0 Å². The van der Waals surface area contributed by atoms with Gasteiger partial charge in [-0.2, -0.15) is 0 Å². The van der Waals surface area contributed by atoms with E-state index >= 15 is 0 Å². The van der Waals surface area contributed by atoms with Crippen molar-refractivity contribution in [1.29, 1.82) is 0 Å². The van der Waals surface area contributed by atoms with Gasteiger partial charge in [-0.25, -0.2) is 15.0 Å². The average Bonchev–Trinajstić information content (AvgIpc) is 3.62. The molecule has 1 aliphatic heterocycles. The lowest BCUT2D eigenvalue weighted by Crippen LogP contribution is -2.24. The molecule has 0 fully saturated rings. The molecule has 5 nitrogen and oxygen atoms in total. The SMILES string of the molecule is C=C1Oc2ccccc2C/C(c2nc(C3=CCC(C)(/C=C\C=C/C)c4ccccc43)nc(-c3ccccc3)n2)=C\CC1c1ccc2oc3ccccc3c2c1. The predicted molar refractivity (Wildman–Crippen MR) is 224 cm³/mol. The fourth-order valence-electron chi connectivity index (χ4n) is 7.94. The smallest absolute Gasteiger partial charge is 0.164 e. The minimum Gasteiger partial charge on any atom is -0.461 e. The highest BCUT2D eigenvalue weighted by molar-refractivity contribution is 6.05. The third-order valence-corrected chi connectivity index (χ3v) is 10.9. The maximum atomic E-state index is 6.63. The zero-order valence-corrected chi connectivity index (χ0v) is 31.1. The van der Waals surface area contributed by atoms with Gasteiger partial charge in [0, 0.05) is 39.7 Å². The van der Waals surface area contributed by atoms with Crippen LogP contribution < -0.4 is 4.74 Å². The summed E-state index contributed by atoms with van der Waals surface area (Å²) in [5.41, 5.74) is 9.09. The Morgan fingerprint density at radius 2 is 1.47 bits per heavy atom. The normalized spacial score (nSPS) is 19.6. The van der Waals surface area contributed by atoms with E-state index in [0.29, 0.717) is 36.1 Å². The molecule has 1 aliphatic carbocycles. The van der Waals surface area contributed by atoms with Gasteiger partial charge < -0.3 is 9.15 Å². The van der Waals surface area contributed by atoms with Crippen molar-refractivity contribution in [3.63, 3.8) is 0 Å². The Morgan fingerprint density at radius 3 is 2.36 bits per heavy atom. The highest BCUT2D eigenvalue weighted by Gasteiger charge is 2.32. The number of furan rings is 1. The fraction of sp³-hybridized carbons (Fsp3) is 0.140. The second-order valence-electron chi connectivity index (χ2n) is 14.6. The van der Waals surface area contributed by atoms with Crippen LogP contribution in [0.25, 0.3) is 44.5 Å². The molecule has 7 aromatic rings. The molecule has 3 heterocycles. The van der Waals surface area contributed by atoms with Crippen molar-refractivity contribution in [2.24, 2.45) is 0 Å². The molecular formula is C50H41N3O2. The number of fused-ring (bicyclic) bond motifs is 5. The van der Waals surface area contributed by atoms with Crippen molar-refractivity contribution in [3.05, 3.63) is 204 Å². The molecule has 0 saturated heterocycles. The van der Waals surface area contributed by atoms with Gasteiger partial charge in [0.05, 0.1) is 0 Å². The third kappa shape index (κ3) is 6.52. The summed E-state index contributed by atoms with van der Waals surface area (Å²) in [6.45, 7) is 8.83. The Bertz CT molecular complexity index is 2720. The first-order chi connectivity index (χ1) is 27.0. The third-order valence-electron chi connectivity index (χ3n) is 10.9. The molecule has 268 valence electrons. The monoisotopic (exact) mass is 715 g/mol. The van der Waals surface area contributed by atoms with Crippen molar-refractivity contribution < 1.29 is 9.15 Å². The van der Waals surface area contributed by atoms with Crippen LogP contribution in [0.15, 0.2) is 175 Å². The Balaban J connectivity index is 1.19. The van der Waals surface area contributed by atoms with Crippen molar-refractivity contribution >= 4 is 33.1 Å². The minimum absolute atomic E-state index is 0.129. The lowest BCUT2D eigenvalue weighted by atomic mass is 9.71. The molecular weight excluding hydrogens is 675 g/mol. The van der Waals surface area contributed by atoms with Crippen LogP contribution in [0.1, 0.15) is 66.5 Å². The van der Waals surface area contributed by atoms with Crippen LogP contribution in [0.2, 0.25) is 0 Å². The van der Waals surface area contributed by atoms with E-state index in [9.17, 15) is 0 Å². The molecule has 2 atom stereocenters. The van der Waals surface area contributed by atoms with E-state index in [1.54, 1.807) is 0 Å². The minimum atomic E-state index is -0.162. The highest BCUT2D eigenvalue weighted by Crippen LogP contribution is 2.43. The summed E-state index contributed by atoms with van der Waals surface area (Å²) in [6.07, 6.45) is 15.2. The summed E-state index contributed by atoms with van der Waals surface area (Å²) in [4.78, 5) is 15.7. The lowest BCUT2D eigenvalue weighted by molar-refractivity contribution is 0.384. The van der Waals surface area contributed by atoms with Crippen LogP contribution in [0.4, 0.5) is 0 Å². The zero-order chi connectivity index (χ0) is 37.4. The summed E-state index contributed by atoms with van der Waals surface area (Å²) in [5.74, 6) is 3.31. The predicted octanol–water partition coefficient (Wildman–Crippen LogP) is 12.4. The summed E-state index contributed by atoms with van der Waals surface area (Å²) in [6, 6.07) is 41.6. The standard InChI is InChI=1S/C50H41N3O2/c1-4-5-15-29-50(3)30-28-41(39-19-10-12-21-43(39)50)49-52-47(34-16-7-6-8-17-34)51-48(53-49)37-24-26-38(33(2)54-44-22-13-9-18-36(44)31-37)35-25-27-46-42(32-35)40-20-11-14-23-45(40)55-46/h4-25,27-29,32,38H,2,26,30-31H2,1,3H3/b5-4-,29-15-,37-24+. The van der Waals surface area contributed by atoms with E-state index in [2.05, 4.69) is 123 Å². The summed E-state index contributed by atoms with van der Waals surface area (Å²) >= 11 is 0. The van der Waals surface area contributed by atoms with Gasteiger partial charge in [-0.15, -0.1) is 0 Å². The molecule has 0 spiro atoms. The van der Waals surface area contributed by atoms with Gasteiger partial charge in [0.15, 0.2) is 17.5 Å². The molecule has 0 amide bonds. The Kier molecular flexibility index (Phi) is 8.91. The number of aromatic nitrogens is 3. The molecule has 5 aromatic carbocycles. The van der Waals surface area contributed by atoms with Gasteiger partial charge in [-0.05, 0) is 71.9 Å². The maximum absolute atomic E-state index is 6.63. The van der Waals surface area contributed by atoms with Crippen LogP contribution in [0.5, 0.6) is 5.75 Å². The van der Waals surface area contributed by atoms with Gasteiger partial charge in [0.2, 0.25) is 0 Å². The van der Waals surface area contributed by atoms with Crippen molar-refractivity contribution in [2.45, 2.75) is 44.4 Å². The number of ether oxygens (including phenoxy) is 1. The van der Waals surface area contributed by atoms with Crippen molar-refractivity contribution in [3.8, 4) is 17.1 Å². The van der Waals surface area contributed by atoms with E-state index in [0.717, 1.165) is 67.5 Å². The second-order valence-corrected chi connectivity index (χ2v) is 14.6. The first kappa shape index (κ1) is 34.2. The molecule has 0 radical (unpaired) electrons. The molecule has 2 aromatic heterocycles. The molecule has 0 saturated carbocycles. The number of nitrogens with zero attached hydrogens (tertiary/aromatic N) is 3. The van der Waals surface area contributed by atoms with E-state index < -0.39 is 0 Å². The van der Waals surface area contributed by atoms with Gasteiger partial charge in [-0.3, -0.25) is 0 Å². The van der Waals surface area contributed by atoms with Gasteiger partial charge in [0.1, 0.15) is 22.7 Å². The summed E-state index contributed by atoms with van der Waals surface area (Å²) in [5, 5.41) is 2.17. The Labute approximate surface area is 321 Å². The maximum Gasteiger partial charge on any atom is 0.164 e. The largest absolute Gasteiger partial charge is 0.461 e. The second kappa shape index (κ2) is 14.3. The van der Waals surface area contributed by atoms with E-state index in [1.807, 2.05) is 55.5 Å². The molecule has 2 unspecified atom stereocenters. The average molecular weight is 716 g/mol. The number of para-hydroxylation sites is 2.